The van der Waals surface area contributed by atoms with E-state index in [0.717, 1.165) is 11.5 Å². The first-order valence-corrected chi connectivity index (χ1v) is 7.81. The first kappa shape index (κ1) is 12.7. The first-order valence-electron chi connectivity index (χ1n) is 6.66. The molecule has 2 heterocycles. The normalized spacial score (nSPS) is 19.7. The Kier molecular flexibility index (Phi) is 3.85. The molecule has 1 aliphatic rings. The zero-order valence-corrected chi connectivity index (χ0v) is 11.9. The second-order valence-corrected chi connectivity index (χ2v) is 5.97. The molecule has 3 rings (SSSR count). The van der Waals surface area contributed by atoms with Crippen molar-refractivity contribution >= 4 is 11.8 Å². The van der Waals surface area contributed by atoms with Crippen LogP contribution in [0, 0.1) is 0 Å². The molecular weight excluding hydrogens is 252 g/mol. The molecule has 1 aromatic carbocycles. The van der Waals surface area contributed by atoms with E-state index in [0.29, 0.717) is 12.1 Å². The van der Waals surface area contributed by atoms with Crippen LogP contribution in [0.3, 0.4) is 0 Å². The van der Waals surface area contributed by atoms with Crippen LogP contribution in [0.5, 0.6) is 0 Å². The van der Waals surface area contributed by atoms with Gasteiger partial charge in [-0.15, -0.1) is 0 Å². The lowest BCUT2D eigenvalue weighted by molar-refractivity contribution is 0.495. The average molecular weight is 270 g/mol. The van der Waals surface area contributed by atoms with Gasteiger partial charge in [0.1, 0.15) is 0 Å². The van der Waals surface area contributed by atoms with Crippen LogP contribution in [-0.4, -0.2) is 10.7 Å². The number of hydrogen-bond acceptors (Lipinski definition) is 3. The number of aromatic nitrogens is 1. The highest BCUT2D eigenvalue weighted by molar-refractivity contribution is 7.98. The third kappa shape index (κ3) is 2.82. The smallest absolute Gasteiger partial charge is 0.0419 e. The van der Waals surface area contributed by atoms with Crippen LogP contribution in [0.15, 0.2) is 48.8 Å². The summed E-state index contributed by atoms with van der Waals surface area (Å²) >= 11 is 2.00. The molecule has 98 valence electrons. The SMILES string of the molecule is C[C@@H](NC1CSCc2ccccc21)c1cccnc1. The van der Waals surface area contributed by atoms with E-state index in [-0.39, 0.29) is 0 Å². The number of nitrogens with one attached hydrogen (secondary N) is 1. The second-order valence-electron chi connectivity index (χ2n) is 4.94. The highest BCUT2D eigenvalue weighted by Crippen LogP contribution is 2.32. The number of pyridine rings is 1. The molecule has 2 aromatic rings. The van der Waals surface area contributed by atoms with Gasteiger partial charge in [0.15, 0.2) is 0 Å². The lowest BCUT2D eigenvalue weighted by atomic mass is 10.0. The van der Waals surface area contributed by atoms with E-state index < -0.39 is 0 Å². The summed E-state index contributed by atoms with van der Waals surface area (Å²) in [6, 6.07) is 13.7. The van der Waals surface area contributed by atoms with Crippen molar-refractivity contribution in [2.75, 3.05) is 5.75 Å². The number of fused-ring (bicyclic) bond motifs is 1. The van der Waals surface area contributed by atoms with E-state index in [2.05, 4.69) is 47.6 Å². The molecule has 0 saturated heterocycles. The molecule has 2 atom stereocenters. The molecule has 0 bridgehead atoms. The van der Waals surface area contributed by atoms with Crippen molar-refractivity contribution < 1.29 is 0 Å². The van der Waals surface area contributed by atoms with Crippen molar-refractivity contribution in [1.29, 1.82) is 0 Å². The van der Waals surface area contributed by atoms with Gasteiger partial charge in [-0.05, 0) is 29.7 Å². The molecule has 1 aromatic heterocycles. The molecule has 0 saturated carbocycles. The molecule has 0 fully saturated rings. The van der Waals surface area contributed by atoms with Crippen molar-refractivity contribution in [3.63, 3.8) is 0 Å². The van der Waals surface area contributed by atoms with Gasteiger partial charge >= 0.3 is 0 Å². The van der Waals surface area contributed by atoms with Gasteiger partial charge in [-0.2, -0.15) is 11.8 Å². The second kappa shape index (κ2) is 5.76. The number of benzene rings is 1. The lowest BCUT2D eigenvalue weighted by Crippen LogP contribution is -2.29. The molecule has 0 amide bonds. The van der Waals surface area contributed by atoms with E-state index in [1.807, 2.05) is 30.2 Å². The Hall–Kier alpha value is -1.32. The van der Waals surface area contributed by atoms with Gasteiger partial charge in [0.2, 0.25) is 0 Å². The summed E-state index contributed by atoms with van der Waals surface area (Å²) in [5.41, 5.74) is 4.17. The van der Waals surface area contributed by atoms with Gasteiger partial charge in [-0.3, -0.25) is 4.98 Å². The van der Waals surface area contributed by atoms with Crippen LogP contribution < -0.4 is 5.32 Å². The fourth-order valence-electron chi connectivity index (χ4n) is 2.55. The summed E-state index contributed by atoms with van der Waals surface area (Å²) in [5, 5.41) is 3.73. The molecule has 3 heteroatoms. The van der Waals surface area contributed by atoms with E-state index >= 15 is 0 Å². The summed E-state index contributed by atoms with van der Waals surface area (Å²) in [7, 11) is 0. The van der Waals surface area contributed by atoms with E-state index in [1.165, 1.54) is 16.7 Å². The van der Waals surface area contributed by atoms with Gasteiger partial charge in [0.05, 0.1) is 0 Å². The van der Waals surface area contributed by atoms with E-state index in [9.17, 15) is 0 Å². The maximum atomic E-state index is 4.20. The molecule has 0 aliphatic carbocycles. The quantitative estimate of drug-likeness (QED) is 0.920. The first-order chi connectivity index (χ1) is 9.34. The number of thioether (sulfide) groups is 1. The van der Waals surface area contributed by atoms with Crippen LogP contribution in [0.25, 0.3) is 0 Å². The van der Waals surface area contributed by atoms with E-state index in [1.54, 1.807) is 0 Å². The maximum Gasteiger partial charge on any atom is 0.0419 e. The fourth-order valence-corrected chi connectivity index (χ4v) is 3.66. The van der Waals surface area contributed by atoms with Crippen molar-refractivity contribution in [3.05, 3.63) is 65.5 Å². The summed E-state index contributed by atoms with van der Waals surface area (Å²) in [4.78, 5) is 4.20. The summed E-state index contributed by atoms with van der Waals surface area (Å²) < 4.78 is 0. The Balaban J connectivity index is 1.78. The summed E-state index contributed by atoms with van der Waals surface area (Å²) in [5.74, 6) is 2.28. The average Bonchev–Trinajstić information content (AvgIpc) is 2.48. The fraction of sp³-hybridized carbons (Fsp3) is 0.312. The molecule has 0 radical (unpaired) electrons. The van der Waals surface area contributed by atoms with Crippen molar-refractivity contribution in [1.82, 2.24) is 10.3 Å². The third-order valence-electron chi connectivity index (χ3n) is 3.61. The lowest BCUT2D eigenvalue weighted by Gasteiger charge is -2.29. The molecule has 1 unspecified atom stereocenters. The monoisotopic (exact) mass is 270 g/mol. The van der Waals surface area contributed by atoms with Gasteiger partial charge < -0.3 is 5.32 Å². The van der Waals surface area contributed by atoms with Gasteiger partial charge in [-0.1, -0.05) is 30.3 Å². The standard InChI is InChI=1S/C16H18N2S/c1-12(13-6-4-8-17-9-13)18-16-11-19-10-14-5-2-3-7-15(14)16/h2-9,12,16,18H,10-11H2,1H3/t12-,16?/m1/s1. The van der Waals surface area contributed by atoms with Crippen LogP contribution in [0.1, 0.15) is 35.7 Å². The van der Waals surface area contributed by atoms with Crippen molar-refractivity contribution in [2.45, 2.75) is 24.8 Å². The predicted molar refractivity (Wildman–Crippen MR) is 81.1 cm³/mol. The molecule has 1 N–H and O–H groups in total. The number of rotatable bonds is 3. The Bertz CT molecular complexity index is 541. The van der Waals surface area contributed by atoms with Crippen LogP contribution in [0.2, 0.25) is 0 Å². The largest absolute Gasteiger partial charge is 0.303 e. The van der Waals surface area contributed by atoms with Gasteiger partial charge in [0.25, 0.3) is 0 Å². The highest BCUT2D eigenvalue weighted by atomic mass is 32.2. The third-order valence-corrected chi connectivity index (χ3v) is 4.69. The molecule has 19 heavy (non-hydrogen) atoms. The zero-order valence-electron chi connectivity index (χ0n) is 11.0. The van der Waals surface area contributed by atoms with Gasteiger partial charge in [0, 0.05) is 36.0 Å². The Labute approximate surface area is 118 Å². The minimum Gasteiger partial charge on any atom is -0.303 e. The van der Waals surface area contributed by atoms with Crippen LogP contribution >= 0.6 is 11.8 Å². The molecular formula is C16H18N2S. The van der Waals surface area contributed by atoms with Gasteiger partial charge in [-0.25, -0.2) is 0 Å². The predicted octanol–water partition coefficient (Wildman–Crippen LogP) is 3.72. The maximum absolute atomic E-state index is 4.20. The van der Waals surface area contributed by atoms with Crippen molar-refractivity contribution in [3.8, 4) is 0 Å². The molecule has 2 nitrogen and oxygen atoms in total. The van der Waals surface area contributed by atoms with Crippen LogP contribution in [0.4, 0.5) is 0 Å². The topological polar surface area (TPSA) is 24.9 Å². The Morgan fingerprint density at radius 2 is 2.16 bits per heavy atom. The highest BCUT2D eigenvalue weighted by Gasteiger charge is 2.21. The van der Waals surface area contributed by atoms with Crippen LogP contribution in [-0.2, 0) is 5.75 Å². The van der Waals surface area contributed by atoms with E-state index in [4.69, 9.17) is 0 Å². The minimum atomic E-state index is 0.324. The van der Waals surface area contributed by atoms with Crippen molar-refractivity contribution in [2.24, 2.45) is 0 Å². The molecule has 1 aliphatic heterocycles. The molecule has 0 spiro atoms. The summed E-state index contributed by atoms with van der Waals surface area (Å²) in [6.45, 7) is 2.21. The summed E-state index contributed by atoms with van der Waals surface area (Å²) in [6.07, 6.45) is 3.77. The zero-order chi connectivity index (χ0) is 13.1. The minimum absolute atomic E-state index is 0.324. The number of nitrogens with zero attached hydrogens (tertiary/aromatic N) is 1. The Morgan fingerprint density at radius 1 is 1.26 bits per heavy atom. The Morgan fingerprint density at radius 3 is 3.00 bits per heavy atom. The number of hydrogen-bond donors (Lipinski definition) is 1.